The molecule has 3 nitrogen and oxygen atoms in total. The fraction of sp³-hybridized carbons (Fsp3) is 0.500. The van der Waals surface area contributed by atoms with Crippen molar-refractivity contribution in [3.63, 3.8) is 0 Å². The summed E-state index contributed by atoms with van der Waals surface area (Å²) in [6.45, 7) is 4.05. The van der Waals surface area contributed by atoms with Crippen molar-refractivity contribution in [1.82, 2.24) is 5.32 Å². The van der Waals surface area contributed by atoms with Gasteiger partial charge >= 0.3 is 0 Å². The summed E-state index contributed by atoms with van der Waals surface area (Å²) in [6, 6.07) is 2.01. The molecule has 1 aliphatic rings. The normalized spacial score (nSPS) is 25.9. The molecule has 0 aliphatic carbocycles. The topological polar surface area (TPSA) is 46.2 Å². The lowest BCUT2D eigenvalue weighted by Gasteiger charge is -2.32. The van der Waals surface area contributed by atoms with E-state index in [4.69, 9.17) is 0 Å². The van der Waals surface area contributed by atoms with Crippen LogP contribution in [0.15, 0.2) is 16.8 Å². The Balaban J connectivity index is 2.31. The Morgan fingerprint density at radius 3 is 2.75 bits per heavy atom. The van der Waals surface area contributed by atoms with Gasteiger partial charge in [-0.05, 0) is 28.3 Å². The molecule has 1 N–H and O–H groups in total. The Bertz CT molecular complexity index is 397. The fourth-order valence-electron chi connectivity index (χ4n) is 2.36. The first-order valence-electron chi connectivity index (χ1n) is 5.45. The van der Waals surface area contributed by atoms with Crippen LogP contribution in [0, 0.1) is 11.8 Å². The molecule has 0 bridgehead atoms. The maximum Gasteiger partial charge on any atom is 0.230 e. The Hall–Kier alpha value is -1.16. The lowest BCUT2D eigenvalue weighted by molar-refractivity contribution is -0.138. The molecule has 1 fully saturated rings. The van der Waals surface area contributed by atoms with Crippen LogP contribution >= 0.6 is 11.3 Å². The molecule has 1 aromatic heterocycles. The van der Waals surface area contributed by atoms with Crippen molar-refractivity contribution < 1.29 is 9.59 Å². The van der Waals surface area contributed by atoms with Crippen LogP contribution < -0.4 is 5.32 Å². The first-order chi connectivity index (χ1) is 7.59. The molecule has 2 heterocycles. The third kappa shape index (κ3) is 2.02. The zero-order valence-corrected chi connectivity index (χ0v) is 10.2. The van der Waals surface area contributed by atoms with Crippen molar-refractivity contribution in [2.24, 2.45) is 11.8 Å². The molecule has 0 spiro atoms. The number of hydrogen-bond acceptors (Lipinski definition) is 3. The average molecular weight is 237 g/mol. The molecule has 86 valence electrons. The fourth-order valence-corrected chi connectivity index (χ4v) is 3.08. The largest absolute Gasteiger partial charge is 0.296 e. The SMILES string of the molecule is CC(C)C1C(=O)NC(=O)CC1c1ccsc1. The number of imide groups is 1. The molecule has 0 radical (unpaired) electrons. The van der Waals surface area contributed by atoms with Crippen LogP contribution in [-0.4, -0.2) is 11.8 Å². The zero-order valence-electron chi connectivity index (χ0n) is 9.40. The van der Waals surface area contributed by atoms with Gasteiger partial charge in [0.2, 0.25) is 11.8 Å². The minimum atomic E-state index is -0.155. The van der Waals surface area contributed by atoms with Crippen molar-refractivity contribution in [2.75, 3.05) is 0 Å². The summed E-state index contributed by atoms with van der Waals surface area (Å²) in [7, 11) is 0. The van der Waals surface area contributed by atoms with Gasteiger partial charge in [0.25, 0.3) is 0 Å². The average Bonchev–Trinajstić information content (AvgIpc) is 2.67. The van der Waals surface area contributed by atoms with Crippen LogP contribution in [0.1, 0.15) is 31.7 Å². The predicted octanol–water partition coefficient (Wildman–Crippen LogP) is 2.15. The molecule has 4 heteroatoms. The van der Waals surface area contributed by atoms with Crippen molar-refractivity contribution in [3.05, 3.63) is 22.4 Å². The van der Waals surface area contributed by atoms with Gasteiger partial charge in [0.05, 0.1) is 0 Å². The van der Waals surface area contributed by atoms with Gasteiger partial charge in [0.15, 0.2) is 0 Å². The molecule has 2 rings (SSSR count). The summed E-state index contributed by atoms with van der Waals surface area (Å²) >= 11 is 1.61. The first kappa shape index (κ1) is 11.3. The second-order valence-corrected chi connectivity index (χ2v) is 5.33. The zero-order chi connectivity index (χ0) is 11.7. The number of carbonyl (C=O) groups is 2. The molecule has 1 aliphatic heterocycles. The molecule has 16 heavy (non-hydrogen) atoms. The van der Waals surface area contributed by atoms with Gasteiger partial charge in [0.1, 0.15) is 0 Å². The summed E-state index contributed by atoms with van der Waals surface area (Å²) < 4.78 is 0. The number of rotatable bonds is 2. The highest BCUT2D eigenvalue weighted by molar-refractivity contribution is 7.08. The van der Waals surface area contributed by atoms with Crippen LogP contribution in [0.2, 0.25) is 0 Å². The highest BCUT2D eigenvalue weighted by Crippen LogP contribution is 2.36. The van der Waals surface area contributed by atoms with Gasteiger partial charge in [-0.1, -0.05) is 13.8 Å². The van der Waals surface area contributed by atoms with E-state index in [0.29, 0.717) is 6.42 Å². The van der Waals surface area contributed by atoms with Gasteiger partial charge in [-0.25, -0.2) is 0 Å². The number of hydrogen-bond donors (Lipinski definition) is 1. The standard InChI is InChI=1S/C12H15NO2S/c1-7(2)11-9(8-3-4-16-6-8)5-10(14)13-12(11)15/h3-4,6-7,9,11H,5H2,1-2H3,(H,13,14,15). The second-order valence-electron chi connectivity index (χ2n) is 4.55. The van der Waals surface area contributed by atoms with E-state index in [1.54, 1.807) is 11.3 Å². The number of thiophene rings is 1. The lowest BCUT2D eigenvalue weighted by atomic mass is 9.75. The van der Waals surface area contributed by atoms with Crippen molar-refractivity contribution in [3.8, 4) is 0 Å². The van der Waals surface area contributed by atoms with Gasteiger partial charge in [-0.15, -0.1) is 0 Å². The number of piperidine rings is 1. The molecule has 0 aromatic carbocycles. The smallest absolute Gasteiger partial charge is 0.230 e. The Labute approximate surface area is 98.9 Å². The maximum absolute atomic E-state index is 11.8. The summed E-state index contributed by atoms with van der Waals surface area (Å²) in [4.78, 5) is 23.2. The summed E-state index contributed by atoms with van der Waals surface area (Å²) in [5.41, 5.74) is 1.12. The quantitative estimate of drug-likeness (QED) is 0.801. The van der Waals surface area contributed by atoms with Crippen LogP contribution in [0.3, 0.4) is 0 Å². The van der Waals surface area contributed by atoms with Crippen LogP contribution in [-0.2, 0) is 9.59 Å². The van der Waals surface area contributed by atoms with Gasteiger partial charge in [-0.3, -0.25) is 14.9 Å². The van der Waals surface area contributed by atoms with E-state index in [1.807, 2.05) is 30.7 Å². The van der Waals surface area contributed by atoms with E-state index in [2.05, 4.69) is 5.32 Å². The number of nitrogens with one attached hydrogen (secondary N) is 1. The minimum absolute atomic E-state index is 0.0486. The number of carbonyl (C=O) groups excluding carboxylic acids is 2. The van der Waals surface area contributed by atoms with Gasteiger partial charge in [-0.2, -0.15) is 11.3 Å². The van der Waals surface area contributed by atoms with E-state index in [0.717, 1.165) is 5.56 Å². The summed E-state index contributed by atoms with van der Waals surface area (Å²) in [5, 5.41) is 6.45. The molecule has 1 aromatic rings. The van der Waals surface area contributed by atoms with E-state index in [-0.39, 0.29) is 29.6 Å². The second kappa shape index (κ2) is 4.37. The van der Waals surface area contributed by atoms with Crippen LogP contribution in [0.5, 0.6) is 0 Å². The first-order valence-corrected chi connectivity index (χ1v) is 6.39. The minimum Gasteiger partial charge on any atom is -0.296 e. The monoisotopic (exact) mass is 237 g/mol. The van der Waals surface area contributed by atoms with Crippen LogP contribution in [0.25, 0.3) is 0 Å². The Kier molecular flexibility index (Phi) is 3.10. The van der Waals surface area contributed by atoms with Crippen molar-refractivity contribution in [2.45, 2.75) is 26.2 Å². The summed E-state index contributed by atoms with van der Waals surface area (Å²) in [6.07, 6.45) is 0.422. The third-order valence-corrected chi connectivity index (χ3v) is 3.80. The predicted molar refractivity (Wildman–Crippen MR) is 63.2 cm³/mol. The van der Waals surface area contributed by atoms with E-state index in [1.165, 1.54) is 0 Å². The lowest BCUT2D eigenvalue weighted by Crippen LogP contribution is -2.46. The molecule has 1 saturated heterocycles. The Morgan fingerprint density at radius 2 is 2.19 bits per heavy atom. The molecule has 0 saturated carbocycles. The van der Waals surface area contributed by atoms with E-state index < -0.39 is 0 Å². The molecule has 2 atom stereocenters. The summed E-state index contributed by atoms with van der Waals surface area (Å²) in [5.74, 6) is -0.0710. The van der Waals surface area contributed by atoms with E-state index >= 15 is 0 Å². The van der Waals surface area contributed by atoms with Gasteiger partial charge < -0.3 is 0 Å². The van der Waals surface area contributed by atoms with Crippen molar-refractivity contribution >= 4 is 23.2 Å². The third-order valence-electron chi connectivity index (χ3n) is 3.09. The number of amides is 2. The van der Waals surface area contributed by atoms with Crippen LogP contribution in [0.4, 0.5) is 0 Å². The molecule has 2 amide bonds. The molecular weight excluding hydrogens is 222 g/mol. The van der Waals surface area contributed by atoms with E-state index in [9.17, 15) is 9.59 Å². The van der Waals surface area contributed by atoms with Gasteiger partial charge in [0, 0.05) is 18.3 Å². The molecular formula is C12H15NO2S. The highest BCUT2D eigenvalue weighted by Gasteiger charge is 2.38. The Morgan fingerprint density at radius 1 is 1.44 bits per heavy atom. The maximum atomic E-state index is 11.8. The van der Waals surface area contributed by atoms with Crippen molar-refractivity contribution in [1.29, 1.82) is 0 Å². The molecule has 2 unspecified atom stereocenters. The highest BCUT2D eigenvalue weighted by atomic mass is 32.1.